The Morgan fingerprint density at radius 1 is 1.32 bits per heavy atom. The van der Waals surface area contributed by atoms with Gasteiger partial charge in [-0.05, 0) is 17.7 Å². The van der Waals surface area contributed by atoms with E-state index in [4.69, 9.17) is 9.47 Å². The number of amides is 2. The summed E-state index contributed by atoms with van der Waals surface area (Å²) >= 11 is 0. The van der Waals surface area contributed by atoms with Crippen molar-refractivity contribution >= 4 is 11.8 Å². The van der Waals surface area contributed by atoms with E-state index in [1.807, 2.05) is 23.1 Å². The van der Waals surface area contributed by atoms with Gasteiger partial charge < -0.3 is 25.1 Å². The molecule has 1 fully saturated rings. The van der Waals surface area contributed by atoms with Crippen LogP contribution in [0.2, 0.25) is 0 Å². The lowest BCUT2D eigenvalue weighted by Gasteiger charge is -2.34. The number of piperazine rings is 1. The van der Waals surface area contributed by atoms with Crippen molar-refractivity contribution in [1.29, 1.82) is 0 Å². The van der Waals surface area contributed by atoms with Gasteiger partial charge in [-0.1, -0.05) is 6.07 Å². The second-order valence-corrected chi connectivity index (χ2v) is 6.48. The summed E-state index contributed by atoms with van der Waals surface area (Å²) in [7, 11) is 3.17. The highest BCUT2D eigenvalue weighted by atomic mass is 16.5. The van der Waals surface area contributed by atoms with Crippen molar-refractivity contribution in [2.24, 2.45) is 0 Å². The van der Waals surface area contributed by atoms with Crippen LogP contribution in [0.15, 0.2) is 30.6 Å². The zero-order valence-corrected chi connectivity index (χ0v) is 16.0. The third kappa shape index (κ3) is 4.80. The third-order valence-electron chi connectivity index (χ3n) is 4.66. The molecular weight excluding hydrogens is 362 g/mol. The summed E-state index contributed by atoms with van der Waals surface area (Å²) < 4.78 is 10.6. The first-order chi connectivity index (χ1) is 13.6. The second-order valence-electron chi connectivity index (χ2n) is 6.48. The number of H-pyrrole nitrogens is 1. The van der Waals surface area contributed by atoms with E-state index >= 15 is 0 Å². The summed E-state index contributed by atoms with van der Waals surface area (Å²) in [6.07, 6.45) is 3.40. The highest BCUT2D eigenvalue weighted by Crippen LogP contribution is 2.28. The monoisotopic (exact) mass is 387 g/mol. The molecule has 1 atom stereocenters. The lowest BCUT2D eigenvalue weighted by Crippen LogP contribution is -2.56. The first kappa shape index (κ1) is 19.7. The minimum absolute atomic E-state index is 0.0832. The van der Waals surface area contributed by atoms with Crippen molar-refractivity contribution in [3.05, 3.63) is 42.0 Å². The summed E-state index contributed by atoms with van der Waals surface area (Å²) in [5.41, 5.74) is 0.980. The average molecular weight is 387 g/mol. The van der Waals surface area contributed by atoms with E-state index in [-0.39, 0.29) is 18.2 Å². The fraction of sp³-hybridized carbons (Fsp3) is 0.421. The molecule has 3 rings (SSSR count). The van der Waals surface area contributed by atoms with Gasteiger partial charge in [-0.3, -0.25) is 14.5 Å². The van der Waals surface area contributed by atoms with Gasteiger partial charge in [-0.2, -0.15) is 0 Å². The van der Waals surface area contributed by atoms with E-state index in [1.165, 1.54) is 0 Å². The molecular formula is C19H25N5O4. The molecule has 9 nitrogen and oxygen atoms in total. The van der Waals surface area contributed by atoms with Crippen molar-refractivity contribution in [3.8, 4) is 11.5 Å². The van der Waals surface area contributed by atoms with Crippen LogP contribution in [0, 0.1) is 0 Å². The van der Waals surface area contributed by atoms with Crippen molar-refractivity contribution < 1.29 is 19.1 Å². The van der Waals surface area contributed by atoms with Crippen LogP contribution in [0.3, 0.4) is 0 Å². The number of benzene rings is 1. The van der Waals surface area contributed by atoms with Crippen molar-refractivity contribution in [3.63, 3.8) is 0 Å². The first-order valence-electron chi connectivity index (χ1n) is 9.08. The number of methoxy groups -OCH3 is 2. The van der Waals surface area contributed by atoms with Crippen molar-refractivity contribution in [1.82, 2.24) is 25.5 Å². The number of aromatic nitrogens is 2. The molecule has 150 valence electrons. The molecule has 1 aliphatic rings. The lowest BCUT2D eigenvalue weighted by atomic mass is 10.1. The Hall–Kier alpha value is -3.07. The smallest absolute Gasteiger partial charge is 0.237 e. The zero-order valence-electron chi connectivity index (χ0n) is 16.0. The van der Waals surface area contributed by atoms with Crippen LogP contribution in [0.25, 0.3) is 0 Å². The zero-order chi connectivity index (χ0) is 19.9. The number of hydrogen-bond acceptors (Lipinski definition) is 6. The maximum Gasteiger partial charge on any atom is 0.237 e. The number of carbonyl (C=O) groups excluding carboxylic acids is 2. The van der Waals surface area contributed by atoms with Crippen LogP contribution in [0.1, 0.15) is 17.8 Å². The normalized spacial score (nSPS) is 17.1. The quantitative estimate of drug-likeness (QED) is 0.606. The van der Waals surface area contributed by atoms with Gasteiger partial charge in [0.05, 0.1) is 33.2 Å². The Morgan fingerprint density at radius 3 is 2.86 bits per heavy atom. The molecule has 0 bridgehead atoms. The lowest BCUT2D eigenvalue weighted by molar-refractivity contribution is -0.134. The summed E-state index contributed by atoms with van der Waals surface area (Å²) in [6.45, 7) is 2.05. The largest absolute Gasteiger partial charge is 0.493 e. The summed E-state index contributed by atoms with van der Waals surface area (Å²) in [4.78, 5) is 33.7. The summed E-state index contributed by atoms with van der Waals surface area (Å²) in [5.74, 6) is 1.62. The summed E-state index contributed by atoms with van der Waals surface area (Å²) in [6, 6.07) is 5.13. The predicted molar refractivity (Wildman–Crippen MR) is 102 cm³/mol. The van der Waals surface area contributed by atoms with Gasteiger partial charge in [-0.15, -0.1) is 0 Å². The molecule has 2 aromatic rings. The first-order valence-corrected chi connectivity index (χ1v) is 9.08. The molecule has 0 unspecified atom stereocenters. The van der Waals surface area contributed by atoms with Crippen molar-refractivity contribution in [2.75, 3.05) is 27.3 Å². The molecule has 2 heterocycles. The molecule has 0 spiro atoms. The fourth-order valence-corrected chi connectivity index (χ4v) is 3.21. The Kier molecular flexibility index (Phi) is 6.49. The standard InChI is InChI=1S/C19H25N5O4/c1-27-15-4-3-13(9-16(15)28-2)12-24-8-7-22-19(26)14(24)10-18(25)23-11-17-20-5-6-21-17/h3-6,9,14H,7-8,10-12H2,1-2H3,(H,20,21)(H,22,26)(H,23,25)/t14-/m1/s1. The van der Waals surface area contributed by atoms with Gasteiger partial charge in [0.15, 0.2) is 11.5 Å². The van der Waals surface area contributed by atoms with E-state index in [9.17, 15) is 9.59 Å². The predicted octanol–water partition coefficient (Wildman–Crippen LogP) is 0.434. The topological polar surface area (TPSA) is 109 Å². The van der Waals surface area contributed by atoms with E-state index in [2.05, 4.69) is 20.6 Å². The van der Waals surface area contributed by atoms with Gasteiger partial charge in [0, 0.05) is 32.0 Å². The molecule has 2 amide bonds. The Balaban J connectivity index is 1.65. The number of aromatic amines is 1. The SMILES string of the molecule is COc1ccc(CN2CCNC(=O)[C@H]2CC(=O)NCc2ncc[nH]2)cc1OC. The Bertz CT molecular complexity index is 809. The molecule has 9 heteroatoms. The maximum atomic E-state index is 12.4. The number of ether oxygens (including phenoxy) is 2. The number of hydrogen-bond donors (Lipinski definition) is 3. The molecule has 3 N–H and O–H groups in total. The van der Waals surface area contributed by atoms with E-state index in [0.717, 1.165) is 5.56 Å². The minimum Gasteiger partial charge on any atom is -0.493 e. The van der Waals surface area contributed by atoms with Crippen molar-refractivity contribution in [2.45, 2.75) is 25.6 Å². The minimum atomic E-state index is -0.529. The Labute approximate surface area is 163 Å². The van der Waals surface area contributed by atoms with E-state index in [0.29, 0.717) is 43.5 Å². The maximum absolute atomic E-state index is 12.4. The molecule has 1 saturated heterocycles. The molecule has 0 radical (unpaired) electrons. The number of nitrogens with zero attached hydrogens (tertiary/aromatic N) is 2. The van der Waals surface area contributed by atoms with Crippen LogP contribution >= 0.6 is 0 Å². The molecule has 0 saturated carbocycles. The molecule has 0 aliphatic carbocycles. The average Bonchev–Trinajstić information content (AvgIpc) is 3.22. The van der Waals surface area contributed by atoms with Crippen LogP contribution in [-0.4, -0.2) is 60.0 Å². The van der Waals surface area contributed by atoms with E-state index < -0.39 is 6.04 Å². The van der Waals surface area contributed by atoms with E-state index in [1.54, 1.807) is 26.6 Å². The van der Waals surface area contributed by atoms with Crippen LogP contribution in [0.4, 0.5) is 0 Å². The Morgan fingerprint density at radius 2 is 2.14 bits per heavy atom. The van der Waals surface area contributed by atoms with Crippen LogP contribution < -0.4 is 20.1 Å². The molecule has 28 heavy (non-hydrogen) atoms. The highest BCUT2D eigenvalue weighted by Gasteiger charge is 2.31. The van der Waals surface area contributed by atoms with Gasteiger partial charge >= 0.3 is 0 Å². The summed E-state index contributed by atoms with van der Waals surface area (Å²) in [5, 5.41) is 5.63. The number of rotatable bonds is 8. The molecule has 1 aromatic carbocycles. The van der Waals surface area contributed by atoms with Gasteiger partial charge in [-0.25, -0.2) is 4.98 Å². The third-order valence-corrected chi connectivity index (χ3v) is 4.66. The van der Waals surface area contributed by atoms with Crippen LogP contribution in [-0.2, 0) is 22.7 Å². The van der Waals surface area contributed by atoms with Gasteiger partial charge in [0.2, 0.25) is 11.8 Å². The van der Waals surface area contributed by atoms with Crippen LogP contribution in [0.5, 0.6) is 11.5 Å². The second kappa shape index (κ2) is 9.23. The number of nitrogens with one attached hydrogen (secondary N) is 3. The number of carbonyl (C=O) groups is 2. The number of imidazole rings is 1. The highest BCUT2D eigenvalue weighted by molar-refractivity contribution is 5.88. The van der Waals surface area contributed by atoms with Gasteiger partial charge in [0.25, 0.3) is 0 Å². The fourth-order valence-electron chi connectivity index (χ4n) is 3.21. The molecule has 1 aliphatic heterocycles. The molecule has 1 aromatic heterocycles. The van der Waals surface area contributed by atoms with Gasteiger partial charge in [0.1, 0.15) is 5.82 Å².